The van der Waals surface area contributed by atoms with Crippen molar-refractivity contribution in [3.8, 4) is 17.3 Å². The molecule has 0 saturated carbocycles. The molecule has 0 fully saturated rings. The van der Waals surface area contributed by atoms with Gasteiger partial charge in [0, 0.05) is 16.2 Å². The average molecular weight is 529 g/mol. The number of nitrogens with zero attached hydrogens (tertiary/aromatic N) is 4. The molecule has 2 aromatic carbocycles. The second-order valence-electron chi connectivity index (χ2n) is 6.34. The summed E-state index contributed by atoms with van der Waals surface area (Å²) in [5.74, 6) is 0.305. The zero-order valence-corrected chi connectivity index (χ0v) is 18.6. The zero-order valence-electron chi connectivity index (χ0n) is 15.5. The van der Waals surface area contributed by atoms with E-state index in [0.717, 1.165) is 15.5 Å². The zero-order chi connectivity index (χ0) is 21.1. The summed E-state index contributed by atoms with van der Waals surface area (Å²) < 4.78 is 3.09. The number of aromatic nitrogens is 3. The third-order valence-corrected chi connectivity index (χ3v) is 5.36. The molecule has 2 heterocycles. The predicted molar refractivity (Wildman–Crippen MR) is 122 cm³/mol. The van der Waals surface area contributed by atoms with E-state index in [2.05, 4.69) is 52.4 Å². The van der Waals surface area contributed by atoms with Gasteiger partial charge < -0.3 is 9.67 Å². The quantitative estimate of drug-likeness (QED) is 0.295. The Hall–Kier alpha value is -3.04. The highest BCUT2D eigenvalue weighted by molar-refractivity contribution is 9.11. The summed E-state index contributed by atoms with van der Waals surface area (Å²) in [5, 5.41) is 14.1. The van der Waals surface area contributed by atoms with Crippen molar-refractivity contribution in [1.82, 2.24) is 20.0 Å². The number of pyridine rings is 1. The van der Waals surface area contributed by atoms with Gasteiger partial charge in [-0.2, -0.15) is 5.10 Å². The van der Waals surface area contributed by atoms with Crippen LogP contribution in [0.3, 0.4) is 0 Å². The minimum Gasteiger partial charge on any atom is -0.506 e. The molecule has 150 valence electrons. The van der Waals surface area contributed by atoms with Crippen molar-refractivity contribution >= 4 is 55.0 Å². The van der Waals surface area contributed by atoms with Crippen LogP contribution < -0.4 is 5.43 Å². The van der Waals surface area contributed by atoms with E-state index in [1.807, 2.05) is 42.5 Å². The van der Waals surface area contributed by atoms with Crippen LogP contribution in [0, 0.1) is 0 Å². The Kier molecular flexibility index (Phi) is 5.91. The number of hydrazone groups is 1. The molecule has 0 atom stereocenters. The number of rotatable bonds is 5. The maximum Gasteiger partial charge on any atom is 0.260 e. The highest BCUT2D eigenvalue weighted by atomic mass is 79.9. The SMILES string of the molecule is O=C(Cn1c(-c2ccccn2)nc2ccccc21)N/N=C\c1cc(Br)cc(Br)c1O. The number of aromatic hydroxyl groups is 1. The molecule has 0 bridgehead atoms. The molecule has 4 aromatic rings. The molecule has 4 rings (SSSR count). The Morgan fingerprint density at radius 1 is 1.17 bits per heavy atom. The van der Waals surface area contributed by atoms with Crippen molar-refractivity contribution in [2.24, 2.45) is 5.10 Å². The van der Waals surface area contributed by atoms with E-state index < -0.39 is 0 Å². The maximum absolute atomic E-state index is 12.6. The number of benzene rings is 2. The minimum atomic E-state index is -0.333. The molecule has 7 nitrogen and oxygen atoms in total. The van der Waals surface area contributed by atoms with Crippen LogP contribution in [0.5, 0.6) is 5.75 Å². The van der Waals surface area contributed by atoms with Gasteiger partial charge in [0.05, 0.1) is 21.7 Å². The van der Waals surface area contributed by atoms with Crippen LogP contribution in [-0.4, -0.2) is 31.8 Å². The van der Waals surface area contributed by atoms with E-state index in [-0.39, 0.29) is 18.2 Å². The monoisotopic (exact) mass is 527 g/mol. The van der Waals surface area contributed by atoms with E-state index >= 15 is 0 Å². The smallest absolute Gasteiger partial charge is 0.260 e. The number of carbonyl (C=O) groups excluding carboxylic acids is 1. The number of amides is 1. The Labute approximate surface area is 188 Å². The predicted octanol–water partition coefficient (Wildman–Crippen LogP) is 4.48. The van der Waals surface area contributed by atoms with Crippen molar-refractivity contribution in [3.05, 3.63) is 75.3 Å². The molecule has 0 aliphatic carbocycles. The summed E-state index contributed by atoms with van der Waals surface area (Å²) in [4.78, 5) is 21.6. The molecular formula is C21H15Br2N5O2. The second-order valence-corrected chi connectivity index (χ2v) is 8.11. The van der Waals surface area contributed by atoms with E-state index in [1.54, 1.807) is 22.9 Å². The summed E-state index contributed by atoms with van der Waals surface area (Å²) in [6.07, 6.45) is 3.07. The largest absolute Gasteiger partial charge is 0.506 e. The first-order chi connectivity index (χ1) is 14.5. The minimum absolute atomic E-state index is 0.0118. The van der Waals surface area contributed by atoms with E-state index in [0.29, 0.717) is 21.6 Å². The standard InChI is InChI=1S/C21H15Br2N5O2/c22-14-9-13(20(30)15(23)10-14)11-25-27-19(29)12-28-18-7-2-1-5-16(18)26-21(28)17-6-3-4-8-24-17/h1-11,30H,12H2,(H,27,29)/b25-11-. The van der Waals surface area contributed by atoms with Crippen LogP contribution in [0.1, 0.15) is 5.56 Å². The van der Waals surface area contributed by atoms with Crippen LogP contribution in [0.25, 0.3) is 22.6 Å². The van der Waals surface area contributed by atoms with Crippen molar-refractivity contribution < 1.29 is 9.90 Å². The van der Waals surface area contributed by atoms with Crippen LogP contribution in [0.4, 0.5) is 0 Å². The highest BCUT2D eigenvalue weighted by Gasteiger charge is 2.15. The number of fused-ring (bicyclic) bond motifs is 1. The molecule has 30 heavy (non-hydrogen) atoms. The van der Waals surface area contributed by atoms with Crippen molar-refractivity contribution in [2.45, 2.75) is 6.54 Å². The summed E-state index contributed by atoms with van der Waals surface area (Å²) in [7, 11) is 0. The lowest BCUT2D eigenvalue weighted by atomic mass is 10.2. The van der Waals surface area contributed by atoms with Crippen LogP contribution >= 0.6 is 31.9 Å². The van der Waals surface area contributed by atoms with Crippen LogP contribution in [0.2, 0.25) is 0 Å². The summed E-state index contributed by atoms with van der Waals surface area (Å²) >= 11 is 6.62. The molecular weight excluding hydrogens is 514 g/mol. The fourth-order valence-electron chi connectivity index (χ4n) is 2.96. The van der Waals surface area contributed by atoms with E-state index in [9.17, 15) is 9.90 Å². The number of phenolic OH excluding ortho intramolecular Hbond substituents is 1. The second kappa shape index (κ2) is 8.76. The Morgan fingerprint density at radius 3 is 2.77 bits per heavy atom. The summed E-state index contributed by atoms with van der Waals surface area (Å²) in [6, 6.07) is 16.5. The molecule has 1 amide bonds. The molecule has 0 aliphatic heterocycles. The highest BCUT2D eigenvalue weighted by Crippen LogP contribution is 2.30. The normalized spacial score (nSPS) is 11.3. The summed E-state index contributed by atoms with van der Waals surface area (Å²) in [5.41, 5.74) is 5.23. The number of nitrogens with one attached hydrogen (secondary N) is 1. The number of imidazole rings is 1. The van der Waals surface area contributed by atoms with Gasteiger partial charge in [0.2, 0.25) is 0 Å². The third kappa shape index (κ3) is 4.27. The van der Waals surface area contributed by atoms with Gasteiger partial charge >= 0.3 is 0 Å². The molecule has 0 saturated heterocycles. The topological polar surface area (TPSA) is 92.4 Å². The number of hydrogen-bond acceptors (Lipinski definition) is 5. The van der Waals surface area contributed by atoms with Gasteiger partial charge in [0.1, 0.15) is 18.0 Å². The van der Waals surface area contributed by atoms with Gasteiger partial charge in [-0.1, -0.05) is 34.1 Å². The molecule has 9 heteroatoms. The first-order valence-corrected chi connectivity index (χ1v) is 10.5. The average Bonchev–Trinajstić information content (AvgIpc) is 3.10. The van der Waals surface area contributed by atoms with Gasteiger partial charge in [-0.15, -0.1) is 0 Å². The van der Waals surface area contributed by atoms with Crippen LogP contribution in [0.15, 0.2) is 74.8 Å². The lowest BCUT2D eigenvalue weighted by Gasteiger charge is -2.08. The van der Waals surface area contributed by atoms with Gasteiger partial charge in [-0.05, 0) is 52.3 Å². The fraction of sp³-hybridized carbons (Fsp3) is 0.0476. The van der Waals surface area contributed by atoms with Crippen LogP contribution in [-0.2, 0) is 11.3 Å². The number of phenols is 1. The number of para-hydroxylation sites is 2. The first kappa shape index (κ1) is 20.2. The molecule has 2 N–H and O–H groups in total. The molecule has 2 aromatic heterocycles. The molecule has 0 aliphatic rings. The molecule has 0 spiro atoms. The van der Waals surface area contributed by atoms with Gasteiger partial charge in [-0.3, -0.25) is 9.78 Å². The maximum atomic E-state index is 12.6. The lowest BCUT2D eigenvalue weighted by molar-refractivity contribution is -0.121. The van der Waals surface area contributed by atoms with Crippen molar-refractivity contribution in [2.75, 3.05) is 0 Å². The third-order valence-electron chi connectivity index (χ3n) is 4.30. The molecule has 0 radical (unpaired) electrons. The van der Waals surface area contributed by atoms with Gasteiger partial charge in [-0.25, -0.2) is 10.4 Å². The lowest BCUT2D eigenvalue weighted by Crippen LogP contribution is -2.23. The Morgan fingerprint density at radius 2 is 1.97 bits per heavy atom. The summed E-state index contributed by atoms with van der Waals surface area (Å²) in [6.45, 7) is 0.0118. The van der Waals surface area contributed by atoms with Crippen molar-refractivity contribution in [3.63, 3.8) is 0 Å². The van der Waals surface area contributed by atoms with E-state index in [1.165, 1.54) is 6.21 Å². The Bertz CT molecular complexity index is 1260. The number of halogens is 2. The fourth-order valence-corrected chi connectivity index (χ4v) is 4.22. The molecule has 0 unspecified atom stereocenters. The van der Waals surface area contributed by atoms with E-state index in [4.69, 9.17) is 0 Å². The van der Waals surface area contributed by atoms with Gasteiger partial charge in [0.15, 0.2) is 5.82 Å². The first-order valence-electron chi connectivity index (χ1n) is 8.89. The Balaban J connectivity index is 1.58. The number of hydrogen-bond donors (Lipinski definition) is 2. The van der Waals surface area contributed by atoms with Gasteiger partial charge in [0.25, 0.3) is 5.91 Å². The number of carbonyl (C=O) groups is 1. The van der Waals surface area contributed by atoms with Crippen molar-refractivity contribution in [1.29, 1.82) is 0 Å².